The van der Waals surface area contributed by atoms with Gasteiger partial charge < -0.3 is 43.4 Å². The average Bonchev–Trinajstić information content (AvgIpc) is 3.92. The number of carbonyl (C=O) groups is 6. The van der Waals surface area contributed by atoms with Gasteiger partial charge in [-0.3, -0.25) is 24.0 Å². The molecule has 5 aliphatic carbocycles. The van der Waals surface area contributed by atoms with E-state index in [4.69, 9.17) is 33.2 Å². The van der Waals surface area contributed by atoms with Gasteiger partial charge in [0.1, 0.15) is 42.7 Å². The molecule has 0 unspecified atom stereocenters. The molecule has 15 nitrogen and oxygen atoms in total. The zero-order valence-electron chi connectivity index (χ0n) is 30.1. The molecular weight excluding hydrogens is 672 g/mol. The van der Waals surface area contributed by atoms with Gasteiger partial charge in [-0.2, -0.15) is 0 Å². The molecule has 0 radical (unpaired) electrons. The Kier molecular flexibility index (Phi) is 7.05. The van der Waals surface area contributed by atoms with Gasteiger partial charge in [-0.15, -0.1) is 0 Å². The first-order valence-electron chi connectivity index (χ1n) is 17.8. The monoisotopic (exact) mass is 718 g/mol. The number of rotatable bonds is 4. The van der Waals surface area contributed by atoms with Gasteiger partial charge in [0.15, 0.2) is 11.4 Å². The van der Waals surface area contributed by atoms with Crippen LogP contribution in [0.1, 0.15) is 68.7 Å². The minimum absolute atomic E-state index is 0.211. The summed E-state index contributed by atoms with van der Waals surface area (Å²) in [6, 6.07) is 0. The maximum Gasteiger partial charge on any atom is 0.341 e. The van der Waals surface area contributed by atoms with Gasteiger partial charge in [0.25, 0.3) is 0 Å². The number of epoxide rings is 2. The number of hydrogen-bond donors (Lipinski definition) is 2. The molecule has 20 atom stereocenters. The van der Waals surface area contributed by atoms with Gasteiger partial charge in [0, 0.05) is 68.1 Å². The maximum absolute atomic E-state index is 14.6. The van der Waals surface area contributed by atoms with Crippen molar-refractivity contribution in [1.82, 2.24) is 0 Å². The molecule has 51 heavy (non-hydrogen) atoms. The third-order valence-electron chi connectivity index (χ3n) is 15.0. The van der Waals surface area contributed by atoms with Gasteiger partial charge in [0.2, 0.25) is 5.79 Å². The van der Waals surface area contributed by atoms with Crippen LogP contribution < -0.4 is 0 Å². The van der Waals surface area contributed by atoms with E-state index in [0.29, 0.717) is 0 Å². The van der Waals surface area contributed by atoms with Gasteiger partial charge in [-0.25, -0.2) is 4.79 Å². The third-order valence-corrected chi connectivity index (χ3v) is 15.0. The van der Waals surface area contributed by atoms with E-state index in [2.05, 4.69) is 0 Å². The summed E-state index contributed by atoms with van der Waals surface area (Å²) in [5.41, 5.74) is -6.39. The molecule has 3 heterocycles. The summed E-state index contributed by atoms with van der Waals surface area (Å²) in [6.45, 7) is 13.3. The van der Waals surface area contributed by atoms with Crippen LogP contribution >= 0.6 is 0 Å². The molecule has 0 amide bonds. The molecule has 2 N–H and O–H groups in total. The Hall–Kier alpha value is -3.14. The lowest BCUT2D eigenvalue weighted by atomic mass is 9.41. The molecule has 0 aromatic heterocycles. The Morgan fingerprint density at radius 3 is 1.90 bits per heavy atom. The summed E-state index contributed by atoms with van der Waals surface area (Å²) in [6.07, 6.45) is -7.96. The molecule has 0 aromatic rings. The first kappa shape index (κ1) is 34.9. The minimum Gasteiger partial charge on any atom is -0.462 e. The summed E-state index contributed by atoms with van der Waals surface area (Å²) in [7, 11) is 0. The number of aliphatic hydroxyl groups excluding tert-OH is 1. The smallest absolute Gasteiger partial charge is 0.341 e. The van der Waals surface area contributed by atoms with Crippen molar-refractivity contribution in [3.63, 3.8) is 0 Å². The topological polar surface area (TPSA) is 214 Å². The zero-order valence-corrected chi connectivity index (χ0v) is 30.1. The van der Waals surface area contributed by atoms with E-state index in [-0.39, 0.29) is 6.42 Å². The minimum atomic E-state index is -2.15. The van der Waals surface area contributed by atoms with Crippen molar-refractivity contribution >= 4 is 35.6 Å². The van der Waals surface area contributed by atoms with Gasteiger partial charge in [-0.1, -0.05) is 20.8 Å². The highest BCUT2D eigenvalue weighted by molar-refractivity contribution is 5.88. The fourth-order valence-electron chi connectivity index (χ4n) is 13.2. The van der Waals surface area contributed by atoms with Crippen molar-refractivity contribution in [3.05, 3.63) is 0 Å². The Bertz CT molecular complexity index is 1660. The maximum atomic E-state index is 14.6. The number of fused-ring (bicyclic) bond motifs is 9. The van der Waals surface area contributed by atoms with Crippen molar-refractivity contribution in [2.75, 3.05) is 0 Å². The summed E-state index contributed by atoms with van der Waals surface area (Å²) in [5, 5.41) is 24.4. The van der Waals surface area contributed by atoms with Crippen molar-refractivity contribution in [3.8, 4) is 0 Å². The lowest BCUT2D eigenvalue weighted by Crippen LogP contribution is -2.74. The van der Waals surface area contributed by atoms with Crippen molar-refractivity contribution in [2.24, 2.45) is 57.7 Å². The van der Waals surface area contributed by atoms with Crippen molar-refractivity contribution in [1.29, 1.82) is 0 Å². The quantitative estimate of drug-likeness (QED) is 0.232. The standard InChI is InChI=1S/C36H46O15/c1-11-19-22(34(8)35(9,44)31(43)51-36(34)28(11)50-36)26(45-12(2)37)20-18-21(27(46-13(3)38)30(33(19,20)7)48-15(5)40)32(6)16(23(41)24(18)42)10-17-25(49-17)29(32)47-14(4)39/h11,16-22,24-30,42,44H,10H2,1-9H3/t11-,16+,17-,18-,19-,20+,21+,22-,24+,25-,26+,27-,28+,29-,30-,32-,33+,34-,35+,36-/m0/s1. The fraction of sp³-hybridized carbons (Fsp3) is 0.833. The second-order valence-corrected chi connectivity index (χ2v) is 17.1. The first-order chi connectivity index (χ1) is 23.6. The number of aliphatic hydroxyl groups is 2. The SMILES string of the molecule is CC(=O)O[C@@H]1[C@H]2[C@H]3[C@H]([C@H](OC(C)=O)[C@H](OC(C)=O)[C@]2(C)[C@H]2[C@H](C)[C@H]4O[C@]45OC(=O)[C@@](C)(O)[C@]5(C)[C@H]12)[C@]1(C)[C@H](C[C@@H]2O[C@@H]2[C@@H]1OC(C)=O)C(=O)[C@@H]3O. The van der Waals surface area contributed by atoms with Crippen LogP contribution in [-0.2, 0) is 61.9 Å². The Morgan fingerprint density at radius 1 is 0.765 bits per heavy atom. The number of hydrogen-bond acceptors (Lipinski definition) is 15. The second kappa shape index (κ2) is 10.3. The van der Waals surface area contributed by atoms with E-state index in [1.807, 2.05) is 6.92 Å². The number of ketones is 1. The van der Waals surface area contributed by atoms with E-state index in [1.165, 1.54) is 34.6 Å². The first-order valence-corrected chi connectivity index (χ1v) is 17.8. The van der Waals surface area contributed by atoms with Crippen molar-refractivity contribution in [2.45, 2.75) is 129 Å². The predicted molar refractivity (Wildman–Crippen MR) is 165 cm³/mol. The zero-order chi connectivity index (χ0) is 37.3. The van der Waals surface area contributed by atoms with Crippen LogP contribution in [0, 0.1) is 57.7 Å². The van der Waals surface area contributed by atoms with Gasteiger partial charge in [-0.05, 0) is 32.1 Å². The fourth-order valence-corrected chi connectivity index (χ4v) is 13.2. The van der Waals surface area contributed by atoms with Crippen LogP contribution in [0.2, 0.25) is 0 Å². The Labute approximate surface area is 294 Å². The molecular formula is C36H46O15. The molecule has 15 heteroatoms. The van der Waals surface area contributed by atoms with E-state index in [1.54, 1.807) is 20.8 Å². The van der Waals surface area contributed by atoms with Crippen LogP contribution in [0.15, 0.2) is 0 Å². The second-order valence-electron chi connectivity index (χ2n) is 17.1. The lowest BCUT2D eigenvalue weighted by molar-refractivity contribution is -0.273. The molecule has 8 rings (SSSR count). The number of esters is 5. The molecule has 280 valence electrons. The Morgan fingerprint density at radius 2 is 1.31 bits per heavy atom. The average molecular weight is 719 g/mol. The summed E-state index contributed by atoms with van der Waals surface area (Å²) >= 11 is 0. The van der Waals surface area contributed by atoms with Crippen LogP contribution in [0.3, 0.4) is 0 Å². The molecule has 5 saturated carbocycles. The molecule has 0 bridgehead atoms. The normalized spacial score (nSPS) is 56.6. The van der Waals surface area contributed by atoms with Crippen LogP contribution in [-0.4, -0.2) is 106 Å². The summed E-state index contributed by atoms with van der Waals surface area (Å²) < 4.78 is 42.7. The molecule has 3 aliphatic heterocycles. The highest BCUT2D eigenvalue weighted by Gasteiger charge is 2.93. The van der Waals surface area contributed by atoms with Crippen LogP contribution in [0.4, 0.5) is 0 Å². The lowest BCUT2D eigenvalue weighted by Gasteiger charge is -2.65. The Balaban J connectivity index is 1.42. The molecule has 8 fully saturated rings. The van der Waals surface area contributed by atoms with E-state index in [0.717, 1.165) is 0 Å². The number of ether oxygens (including phenoxy) is 7. The predicted octanol–water partition coefficient (Wildman–Crippen LogP) is 0.624. The molecule has 1 spiro atoms. The number of carbonyl (C=O) groups excluding carboxylic acids is 6. The van der Waals surface area contributed by atoms with Gasteiger partial charge in [0.05, 0.1) is 11.5 Å². The summed E-state index contributed by atoms with van der Waals surface area (Å²) in [4.78, 5) is 80.1. The van der Waals surface area contributed by atoms with Gasteiger partial charge >= 0.3 is 29.8 Å². The highest BCUT2D eigenvalue weighted by Crippen LogP contribution is 2.81. The van der Waals surface area contributed by atoms with Crippen molar-refractivity contribution < 1.29 is 72.1 Å². The van der Waals surface area contributed by atoms with Crippen LogP contribution in [0.25, 0.3) is 0 Å². The van der Waals surface area contributed by atoms with E-state index < -0.39 is 154 Å². The summed E-state index contributed by atoms with van der Waals surface area (Å²) in [5.74, 6) is -11.9. The molecule has 8 aliphatic rings. The van der Waals surface area contributed by atoms with E-state index in [9.17, 15) is 39.0 Å². The molecule has 0 aromatic carbocycles. The van der Waals surface area contributed by atoms with E-state index >= 15 is 0 Å². The van der Waals surface area contributed by atoms with Crippen LogP contribution in [0.5, 0.6) is 0 Å². The third kappa shape index (κ3) is 3.93. The molecule has 3 saturated heterocycles. The highest BCUT2D eigenvalue weighted by atomic mass is 16.8. The largest absolute Gasteiger partial charge is 0.462 e. The number of Topliss-reactive ketones (excluding diaryl/α,β-unsaturated/α-hetero) is 1.